The molecule has 1 aromatic heterocycles. The number of aryl methyl sites for hydroxylation is 1. The Morgan fingerprint density at radius 3 is 2.56 bits per heavy atom. The predicted molar refractivity (Wildman–Crippen MR) is 131 cm³/mol. The van der Waals surface area contributed by atoms with E-state index in [9.17, 15) is 10.1 Å². The summed E-state index contributed by atoms with van der Waals surface area (Å²) >= 11 is 7.55. The van der Waals surface area contributed by atoms with E-state index in [1.165, 1.54) is 16.9 Å². The Labute approximate surface area is 195 Å². The molecule has 0 bridgehead atoms. The van der Waals surface area contributed by atoms with Gasteiger partial charge in [0.15, 0.2) is 5.78 Å². The van der Waals surface area contributed by atoms with Gasteiger partial charge in [-0.25, -0.2) is 4.98 Å². The summed E-state index contributed by atoms with van der Waals surface area (Å²) in [5.41, 5.74) is 4.92. The maximum atomic E-state index is 13.0. The molecular weight excluding hydrogens is 438 g/mol. The number of hydrogen-bond donors (Lipinski definition) is 1. The molecule has 0 aliphatic rings. The lowest BCUT2D eigenvalue weighted by Gasteiger charge is -2.10. The maximum Gasteiger partial charge on any atom is 0.195 e. The van der Waals surface area contributed by atoms with Crippen LogP contribution < -0.4 is 5.32 Å². The normalized spacial score (nSPS) is 11.1. The highest BCUT2D eigenvalue weighted by Crippen LogP contribution is 2.28. The van der Waals surface area contributed by atoms with Crippen LogP contribution in [0.1, 0.15) is 26.5 Å². The van der Waals surface area contributed by atoms with Crippen molar-refractivity contribution in [3.8, 4) is 17.3 Å². The van der Waals surface area contributed by atoms with Crippen molar-refractivity contribution >= 4 is 40.0 Å². The van der Waals surface area contributed by atoms with E-state index < -0.39 is 0 Å². The van der Waals surface area contributed by atoms with Crippen LogP contribution in [0.15, 0.2) is 84.4 Å². The monoisotopic (exact) mass is 455 g/mol. The van der Waals surface area contributed by atoms with Crippen LogP contribution in [0.2, 0.25) is 5.02 Å². The Morgan fingerprint density at radius 2 is 1.84 bits per heavy atom. The molecule has 0 spiro atoms. The van der Waals surface area contributed by atoms with Gasteiger partial charge in [-0.15, -0.1) is 11.3 Å². The van der Waals surface area contributed by atoms with Gasteiger partial charge in [0, 0.05) is 39.0 Å². The first-order valence-corrected chi connectivity index (χ1v) is 11.1. The zero-order valence-corrected chi connectivity index (χ0v) is 18.7. The van der Waals surface area contributed by atoms with Gasteiger partial charge in [0.05, 0.1) is 5.69 Å². The highest BCUT2D eigenvalue weighted by atomic mass is 35.5. The first-order valence-electron chi connectivity index (χ1n) is 9.84. The van der Waals surface area contributed by atoms with Crippen molar-refractivity contribution in [1.82, 2.24) is 4.98 Å². The van der Waals surface area contributed by atoms with Crippen molar-refractivity contribution in [3.05, 3.63) is 111 Å². The highest BCUT2D eigenvalue weighted by molar-refractivity contribution is 7.11. The van der Waals surface area contributed by atoms with E-state index in [-0.39, 0.29) is 5.78 Å². The van der Waals surface area contributed by atoms with E-state index in [4.69, 9.17) is 11.6 Å². The number of anilines is 1. The molecule has 1 heterocycles. The number of ketones is 1. The van der Waals surface area contributed by atoms with Crippen LogP contribution in [0.4, 0.5) is 5.69 Å². The summed E-state index contributed by atoms with van der Waals surface area (Å²) in [6, 6.07) is 24.3. The van der Waals surface area contributed by atoms with E-state index in [1.54, 1.807) is 36.5 Å². The van der Waals surface area contributed by atoms with Gasteiger partial charge in [-0.3, -0.25) is 4.79 Å². The van der Waals surface area contributed by atoms with Crippen LogP contribution in [0.25, 0.3) is 16.8 Å². The van der Waals surface area contributed by atoms with Crippen LogP contribution in [0, 0.1) is 18.3 Å². The fourth-order valence-electron chi connectivity index (χ4n) is 3.12. The molecule has 0 amide bonds. The molecule has 3 aromatic carbocycles. The summed E-state index contributed by atoms with van der Waals surface area (Å²) in [4.78, 5) is 17.6. The zero-order valence-electron chi connectivity index (χ0n) is 17.2. The van der Waals surface area contributed by atoms with Gasteiger partial charge in [0.1, 0.15) is 16.6 Å². The summed E-state index contributed by atoms with van der Waals surface area (Å²) in [6.45, 7) is 2.03. The maximum absolute atomic E-state index is 13.0. The van der Waals surface area contributed by atoms with Gasteiger partial charge in [0.2, 0.25) is 0 Å². The molecule has 0 radical (unpaired) electrons. The van der Waals surface area contributed by atoms with E-state index in [2.05, 4.69) is 16.4 Å². The number of rotatable bonds is 6. The molecule has 6 heteroatoms. The molecule has 0 aliphatic heterocycles. The number of halogens is 1. The number of carbonyl (C=O) groups is 1. The summed E-state index contributed by atoms with van der Waals surface area (Å²) in [5, 5.41) is 15.8. The molecule has 0 aliphatic carbocycles. The Balaban J connectivity index is 1.62. The van der Waals surface area contributed by atoms with Gasteiger partial charge in [-0.05, 0) is 25.1 Å². The first-order chi connectivity index (χ1) is 15.5. The summed E-state index contributed by atoms with van der Waals surface area (Å²) in [5.74, 6) is -0.154. The predicted octanol–water partition coefficient (Wildman–Crippen LogP) is 6.98. The van der Waals surface area contributed by atoms with Crippen molar-refractivity contribution in [1.29, 1.82) is 5.26 Å². The van der Waals surface area contributed by atoms with E-state index in [1.807, 2.05) is 54.8 Å². The number of nitrogens with zero attached hydrogens (tertiary/aromatic N) is 2. The summed E-state index contributed by atoms with van der Waals surface area (Å²) in [6.07, 6.45) is 1.57. The Morgan fingerprint density at radius 1 is 1.09 bits per heavy atom. The van der Waals surface area contributed by atoms with Crippen LogP contribution in [0.3, 0.4) is 0 Å². The van der Waals surface area contributed by atoms with Crippen molar-refractivity contribution < 1.29 is 4.79 Å². The molecule has 0 saturated carbocycles. The largest absolute Gasteiger partial charge is 0.360 e. The zero-order chi connectivity index (χ0) is 22.5. The van der Waals surface area contributed by atoms with Gasteiger partial charge < -0.3 is 5.32 Å². The molecule has 0 atom stereocenters. The number of aromatic nitrogens is 1. The van der Waals surface area contributed by atoms with Gasteiger partial charge >= 0.3 is 0 Å². The lowest BCUT2D eigenvalue weighted by molar-refractivity contribution is 0.103. The van der Waals surface area contributed by atoms with Crippen LogP contribution in [-0.4, -0.2) is 10.8 Å². The van der Waals surface area contributed by atoms with E-state index in [0.717, 1.165) is 11.3 Å². The van der Waals surface area contributed by atoms with Crippen LogP contribution in [0.5, 0.6) is 0 Å². The van der Waals surface area contributed by atoms with Crippen LogP contribution >= 0.6 is 22.9 Å². The lowest BCUT2D eigenvalue weighted by Crippen LogP contribution is -2.05. The minimum atomic E-state index is -0.154. The minimum absolute atomic E-state index is 0.154. The van der Waals surface area contributed by atoms with Crippen molar-refractivity contribution in [3.63, 3.8) is 0 Å². The Bertz CT molecular complexity index is 1340. The number of thiazole rings is 1. The van der Waals surface area contributed by atoms with Crippen molar-refractivity contribution in [2.75, 3.05) is 5.32 Å². The summed E-state index contributed by atoms with van der Waals surface area (Å²) in [7, 11) is 0. The topological polar surface area (TPSA) is 65.8 Å². The van der Waals surface area contributed by atoms with Gasteiger partial charge in [-0.1, -0.05) is 71.8 Å². The molecular formula is C26H18ClN3OS. The molecule has 1 N–H and O–H groups in total. The number of carbonyl (C=O) groups excluding carboxylic acids is 1. The lowest BCUT2D eigenvalue weighted by atomic mass is 10.0. The number of hydrogen-bond acceptors (Lipinski definition) is 5. The quantitative estimate of drug-likeness (QED) is 0.251. The second kappa shape index (κ2) is 9.61. The molecule has 4 aromatic rings. The number of nitriles is 1. The average molecular weight is 456 g/mol. The van der Waals surface area contributed by atoms with E-state index in [0.29, 0.717) is 32.4 Å². The minimum Gasteiger partial charge on any atom is -0.360 e. The van der Waals surface area contributed by atoms with Gasteiger partial charge in [0.25, 0.3) is 0 Å². The molecule has 32 heavy (non-hydrogen) atoms. The Kier molecular flexibility index (Phi) is 6.46. The van der Waals surface area contributed by atoms with Gasteiger partial charge in [-0.2, -0.15) is 5.26 Å². The summed E-state index contributed by atoms with van der Waals surface area (Å²) < 4.78 is 0. The third-order valence-corrected chi connectivity index (χ3v) is 5.95. The van der Waals surface area contributed by atoms with Crippen LogP contribution in [-0.2, 0) is 0 Å². The third kappa shape index (κ3) is 4.78. The average Bonchev–Trinajstić information content (AvgIpc) is 3.31. The van der Waals surface area contributed by atoms with E-state index >= 15 is 0 Å². The molecule has 4 nitrogen and oxygen atoms in total. The highest BCUT2D eigenvalue weighted by Gasteiger charge is 2.15. The fourth-order valence-corrected chi connectivity index (χ4v) is 4.09. The van der Waals surface area contributed by atoms with Crippen molar-refractivity contribution in [2.45, 2.75) is 6.92 Å². The standard InChI is InChI=1S/C26H18ClN3OS/c1-17-7-9-18(10-8-17)24-16-32-26(30-24)20(14-28)15-29-23-12-11-21(27)13-22(23)25(31)19-5-3-2-4-6-19/h2-13,15-16,29H,1H3. The molecule has 0 unspecified atom stereocenters. The Hall–Kier alpha value is -3.72. The first kappa shape index (κ1) is 21.5. The van der Waals surface area contributed by atoms with Crippen molar-refractivity contribution in [2.24, 2.45) is 0 Å². The number of allylic oxidation sites excluding steroid dienone is 1. The molecule has 156 valence electrons. The smallest absolute Gasteiger partial charge is 0.195 e. The number of nitrogens with one attached hydrogen (secondary N) is 1. The second-order valence-corrected chi connectivity index (χ2v) is 8.40. The number of benzene rings is 3. The molecule has 0 saturated heterocycles. The third-order valence-electron chi connectivity index (χ3n) is 4.84. The molecule has 4 rings (SSSR count). The second-order valence-electron chi connectivity index (χ2n) is 7.10. The fraction of sp³-hybridized carbons (Fsp3) is 0.0385. The molecule has 0 fully saturated rings. The SMILES string of the molecule is Cc1ccc(-c2csc(C(C#N)=CNc3ccc(Cl)cc3C(=O)c3ccccc3)n2)cc1.